The molecule has 0 radical (unpaired) electrons. The minimum atomic E-state index is -0.916. The highest BCUT2D eigenvalue weighted by molar-refractivity contribution is 5.79. The first-order valence-electron chi connectivity index (χ1n) is 6.53. The summed E-state index contributed by atoms with van der Waals surface area (Å²) in [7, 11) is 0. The molecule has 19 heavy (non-hydrogen) atoms. The van der Waals surface area contributed by atoms with Crippen LogP contribution in [0.5, 0.6) is 0 Å². The molecular weight excluding hydrogens is 238 g/mol. The standard InChI is InChI=1S/C16H23NO2/c1-12(10-11-14(18)19)17-15(16(2,3)4)13-8-6-5-7-9-13/h5-12,15,17H,1-4H3,(H,18,19). The summed E-state index contributed by atoms with van der Waals surface area (Å²) >= 11 is 0. The van der Waals surface area contributed by atoms with Gasteiger partial charge in [0, 0.05) is 18.2 Å². The molecule has 2 N–H and O–H groups in total. The maximum Gasteiger partial charge on any atom is 0.328 e. The van der Waals surface area contributed by atoms with Crippen molar-refractivity contribution in [2.24, 2.45) is 5.41 Å². The second-order valence-electron chi connectivity index (χ2n) is 5.86. The van der Waals surface area contributed by atoms with Crippen molar-refractivity contribution in [2.75, 3.05) is 0 Å². The number of hydrogen-bond acceptors (Lipinski definition) is 2. The van der Waals surface area contributed by atoms with Crippen LogP contribution < -0.4 is 5.32 Å². The van der Waals surface area contributed by atoms with Crippen LogP contribution in [0, 0.1) is 5.41 Å². The molecule has 1 rings (SSSR count). The Morgan fingerprint density at radius 1 is 1.26 bits per heavy atom. The topological polar surface area (TPSA) is 49.3 Å². The summed E-state index contributed by atoms with van der Waals surface area (Å²) in [6.45, 7) is 8.48. The van der Waals surface area contributed by atoms with Crippen molar-refractivity contribution in [1.29, 1.82) is 0 Å². The number of aliphatic carboxylic acids is 1. The van der Waals surface area contributed by atoms with Gasteiger partial charge in [-0.15, -0.1) is 0 Å². The highest BCUT2D eigenvalue weighted by atomic mass is 16.4. The van der Waals surface area contributed by atoms with Crippen LogP contribution in [-0.4, -0.2) is 17.1 Å². The zero-order chi connectivity index (χ0) is 14.5. The molecule has 2 atom stereocenters. The van der Waals surface area contributed by atoms with Crippen LogP contribution in [0.4, 0.5) is 0 Å². The first-order valence-corrected chi connectivity index (χ1v) is 6.53. The average molecular weight is 261 g/mol. The van der Waals surface area contributed by atoms with Gasteiger partial charge in [0.15, 0.2) is 0 Å². The van der Waals surface area contributed by atoms with E-state index >= 15 is 0 Å². The van der Waals surface area contributed by atoms with Gasteiger partial charge in [-0.2, -0.15) is 0 Å². The molecule has 0 saturated heterocycles. The Kier molecular flexibility index (Phi) is 5.31. The van der Waals surface area contributed by atoms with Crippen LogP contribution in [-0.2, 0) is 4.79 Å². The van der Waals surface area contributed by atoms with E-state index in [9.17, 15) is 4.79 Å². The van der Waals surface area contributed by atoms with Gasteiger partial charge in [-0.3, -0.25) is 0 Å². The normalized spacial score (nSPS) is 15.4. The highest BCUT2D eigenvalue weighted by Crippen LogP contribution is 2.32. The van der Waals surface area contributed by atoms with Gasteiger partial charge in [-0.25, -0.2) is 4.79 Å². The number of carboxylic acid groups (broad SMARTS) is 1. The minimum absolute atomic E-state index is 0.000492. The lowest BCUT2D eigenvalue weighted by Gasteiger charge is -2.34. The molecule has 0 spiro atoms. The molecule has 0 saturated carbocycles. The van der Waals surface area contributed by atoms with E-state index in [4.69, 9.17) is 5.11 Å². The van der Waals surface area contributed by atoms with Crippen molar-refractivity contribution in [2.45, 2.75) is 39.8 Å². The Balaban J connectivity index is 2.86. The van der Waals surface area contributed by atoms with Crippen molar-refractivity contribution in [3.63, 3.8) is 0 Å². The van der Waals surface area contributed by atoms with Crippen LogP contribution in [0.25, 0.3) is 0 Å². The lowest BCUT2D eigenvalue weighted by molar-refractivity contribution is -0.131. The Morgan fingerprint density at radius 3 is 2.32 bits per heavy atom. The van der Waals surface area contributed by atoms with Crippen molar-refractivity contribution in [3.8, 4) is 0 Å². The van der Waals surface area contributed by atoms with Crippen molar-refractivity contribution in [1.82, 2.24) is 5.32 Å². The van der Waals surface area contributed by atoms with Gasteiger partial charge in [-0.1, -0.05) is 57.2 Å². The zero-order valence-electron chi connectivity index (χ0n) is 12.1. The molecule has 0 aliphatic carbocycles. The summed E-state index contributed by atoms with van der Waals surface area (Å²) in [5, 5.41) is 12.1. The second-order valence-corrected chi connectivity index (χ2v) is 5.86. The third kappa shape index (κ3) is 5.26. The van der Waals surface area contributed by atoms with E-state index in [-0.39, 0.29) is 17.5 Å². The largest absolute Gasteiger partial charge is 0.478 e. The van der Waals surface area contributed by atoms with Gasteiger partial charge in [0.25, 0.3) is 0 Å². The van der Waals surface area contributed by atoms with Gasteiger partial charge in [0.2, 0.25) is 0 Å². The minimum Gasteiger partial charge on any atom is -0.478 e. The van der Waals surface area contributed by atoms with Gasteiger partial charge < -0.3 is 10.4 Å². The second kappa shape index (κ2) is 6.53. The fourth-order valence-electron chi connectivity index (χ4n) is 2.04. The number of nitrogens with one attached hydrogen (secondary N) is 1. The third-order valence-electron chi connectivity index (χ3n) is 2.96. The van der Waals surface area contributed by atoms with E-state index in [0.717, 1.165) is 0 Å². The van der Waals surface area contributed by atoms with Crippen LogP contribution in [0.1, 0.15) is 39.3 Å². The summed E-state index contributed by atoms with van der Waals surface area (Å²) in [4.78, 5) is 10.5. The molecule has 0 aromatic heterocycles. The molecule has 3 nitrogen and oxygen atoms in total. The smallest absolute Gasteiger partial charge is 0.328 e. The predicted octanol–water partition coefficient (Wildman–Crippen LogP) is 3.39. The highest BCUT2D eigenvalue weighted by Gasteiger charge is 2.26. The Bertz CT molecular complexity index is 432. The number of carboxylic acids is 1. The maximum atomic E-state index is 10.5. The van der Waals surface area contributed by atoms with Crippen LogP contribution in [0.15, 0.2) is 42.5 Å². The van der Waals surface area contributed by atoms with Gasteiger partial charge >= 0.3 is 5.97 Å². The van der Waals surface area contributed by atoms with E-state index < -0.39 is 5.97 Å². The molecule has 3 heteroatoms. The molecule has 0 aliphatic heterocycles. The lowest BCUT2D eigenvalue weighted by atomic mass is 9.82. The summed E-state index contributed by atoms with van der Waals surface area (Å²) in [5.74, 6) is -0.916. The molecule has 104 valence electrons. The number of hydrogen-bond donors (Lipinski definition) is 2. The molecule has 0 aliphatic rings. The van der Waals surface area contributed by atoms with Crippen molar-refractivity contribution in [3.05, 3.63) is 48.0 Å². The monoisotopic (exact) mass is 261 g/mol. The average Bonchev–Trinajstić information content (AvgIpc) is 2.33. The lowest BCUT2D eigenvalue weighted by Crippen LogP contribution is -2.37. The maximum absolute atomic E-state index is 10.5. The molecule has 0 fully saturated rings. The fraction of sp³-hybridized carbons (Fsp3) is 0.438. The van der Waals surface area contributed by atoms with E-state index in [2.05, 4.69) is 38.2 Å². The number of carbonyl (C=O) groups is 1. The number of benzene rings is 1. The Morgan fingerprint density at radius 2 is 1.84 bits per heavy atom. The predicted molar refractivity (Wildman–Crippen MR) is 78.0 cm³/mol. The first kappa shape index (κ1) is 15.4. The quantitative estimate of drug-likeness (QED) is 0.799. The van der Waals surface area contributed by atoms with E-state index in [1.165, 1.54) is 11.6 Å². The molecule has 1 aromatic rings. The summed E-state index contributed by atoms with van der Waals surface area (Å²) in [6, 6.07) is 10.4. The van der Waals surface area contributed by atoms with Gasteiger partial charge in [0.1, 0.15) is 0 Å². The molecule has 2 unspecified atom stereocenters. The molecule has 0 bridgehead atoms. The molecule has 0 amide bonds. The van der Waals surface area contributed by atoms with Crippen LogP contribution in [0.2, 0.25) is 0 Å². The summed E-state index contributed by atoms with van der Waals surface area (Å²) in [5.41, 5.74) is 1.26. The molecule has 0 heterocycles. The third-order valence-corrected chi connectivity index (χ3v) is 2.96. The Labute approximate surface area is 115 Å². The summed E-state index contributed by atoms with van der Waals surface area (Å²) < 4.78 is 0. The summed E-state index contributed by atoms with van der Waals surface area (Å²) in [6.07, 6.45) is 2.85. The van der Waals surface area contributed by atoms with Crippen LogP contribution in [0.3, 0.4) is 0 Å². The van der Waals surface area contributed by atoms with E-state index in [0.29, 0.717) is 0 Å². The van der Waals surface area contributed by atoms with E-state index in [1.807, 2.05) is 25.1 Å². The fourth-order valence-corrected chi connectivity index (χ4v) is 2.04. The van der Waals surface area contributed by atoms with Crippen molar-refractivity contribution < 1.29 is 9.90 Å². The SMILES string of the molecule is CC(C=CC(=O)O)NC(c1ccccc1)C(C)(C)C. The molecular formula is C16H23NO2. The van der Waals surface area contributed by atoms with Crippen LogP contribution >= 0.6 is 0 Å². The zero-order valence-corrected chi connectivity index (χ0v) is 12.1. The van der Waals surface area contributed by atoms with Gasteiger partial charge in [0.05, 0.1) is 0 Å². The molecule has 1 aromatic carbocycles. The van der Waals surface area contributed by atoms with Crippen molar-refractivity contribution >= 4 is 5.97 Å². The number of rotatable bonds is 5. The van der Waals surface area contributed by atoms with Gasteiger partial charge in [-0.05, 0) is 17.9 Å². The Hall–Kier alpha value is -1.61. The van der Waals surface area contributed by atoms with E-state index in [1.54, 1.807) is 6.08 Å². The first-order chi connectivity index (χ1) is 8.80.